The van der Waals surface area contributed by atoms with Gasteiger partial charge in [-0.05, 0) is 42.8 Å². The van der Waals surface area contributed by atoms with Crippen molar-refractivity contribution in [3.8, 4) is 0 Å². The van der Waals surface area contributed by atoms with Gasteiger partial charge in [-0.1, -0.05) is 29.8 Å². The molecule has 0 bridgehead atoms. The van der Waals surface area contributed by atoms with E-state index < -0.39 is 0 Å². The van der Waals surface area contributed by atoms with Crippen LogP contribution in [0.4, 0.5) is 11.4 Å². The van der Waals surface area contributed by atoms with Gasteiger partial charge in [0.05, 0.1) is 12.2 Å². The summed E-state index contributed by atoms with van der Waals surface area (Å²) < 4.78 is 0. The van der Waals surface area contributed by atoms with Crippen LogP contribution in [0.3, 0.4) is 0 Å². The Morgan fingerprint density at radius 2 is 1.78 bits per heavy atom. The van der Waals surface area contributed by atoms with Crippen LogP contribution in [0.15, 0.2) is 53.5 Å². The van der Waals surface area contributed by atoms with Crippen LogP contribution in [0.5, 0.6) is 0 Å². The van der Waals surface area contributed by atoms with Gasteiger partial charge >= 0.3 is 0 Å². The van der Waals surface area contributed by atoms with Crippen molar-refractivity contribution in [2.45, 2.75) is 13.5 Å². The molecule has 0 saturated heterocycles. The number of benzene rings is 2. The zero-order chi connectivity index (χ0) is 12.5. The van der Waals surface area contributed by atoms with Crippen molar-refractivity contribution in [2.75, 3.05) is 4.90 Å². The van der Waals surface area contributed by atoms with Gasteiger partial charge in [-0.2, -0.15) is 0 Å². The van der Waals surface area contributed by atoms with Crippen LogP contribution in [0.2, 0.25) is 5.02 Å². The number of nitrogens with zero attached hydrogens (tertiary/aromatic N) is 2. The van der Waals surface area contributed by atoms with Crippen molar-refractivity contribution >= 4 is 28.8 Å². The molecule has 0 N–H and O–H groups in total. The van der Waals surface area contributed by atoms with Crippen LogP contribution < -0.4 is 4.90 Å². The first-order valence-corrected chi connectivity index (χ1v) is 6.28. The predicted octanol–water partition coefficient (Wildman–Crippen LogP) is 4.41. The van der Waals surface area contributed by atoms with Crippen molar-refractivity contribution in [3.05, 3.63) is 59.1 Å². The molecule has 1 heterocycles. The van der Waals surface area contributed by atoms with Gasteiger partial charge in [-0.15, -0.1) is 0 Å². The maximum atomic E-state index is 5.92. The number of hydrogen-bond donors (Lipinski definition) is 0. The molecule has 0 unspecified atom stereocenters. The van der Waals surface area contributed by atoms with Crippen molar-refractivity contribution < 1.29 is 0 Å². The van der Waals surface area contributed by atoms with Crippen LogP contribution in [-0.4, -0.2) is 5.84 Å². The summed E-state index contributed by atoms with van der Waals surface area (Å²) in [5, 5.41) is 0.755. The summed E-state index contributed by atoms with van der Waals surface area (Å²) >= 11 is 5.92. The molecule has 2 aromatic rings. The van der Waals surface area contributed by atoms with Gasteiger partial charge in [-0.25, -0.2) is 4.99 Å². The fourth-order valence-electron chi connectivity index (χ4n) is 2.17. The summed E-state index contributed by atoms with van der Waals surface area (Å²) in [4.78, 5) is 6.83. The lowest BCUT2D eigenvalue weighted by molar-refractivity contribution is 0.972. The lowest BCUT2D eigenvalue weighted by atomic mass is 10.1. The van der Waals surface area contributed by atoms with Gasteiger partial charge in [0.15, 0.2) is 0 Å². The molecule has 0 aromatic heterocycles. The van der Waals surface area contributed by atoms with Crippen LogP contribution in [0.1, 0.15) is 12.5 Å². The van der Waals surface area contributed by atoms with E-state index in [0.717, 1.165) is 28.8 Å². The highest BCUT2D eigenvalue weighted by atomic mass is 35.5. The second-order valence-electron chi connectivity index (χ2n) is 4.35. The van der Waals surface area contributed by atoms with E-state index >= 15 is 0 Å². The standard InChI is InChI=1S/C15H13ClN2/c1-11-17-15-5-3-2-4-12(15)10-18(11)14-8-6-13(16)7-9-14/h2-9H,10H2,1H3. The Hall–Kier alpha value is -1.80. The van der Waals surface area contributed by atoms with Gasteiger partial charge < -0.3 is 4.90 Å². The maximum absolute atomic E-state index is 5.92. The topological polar surface area (TPSA) is 15.6 Å². The number of anilines is 1. The Labute approximate surface area is 112 Å². The normalized spacial score (nSPS) is 14.1. The minimum atomic E-state index is 0.755. The SMILES string of the molecule is CC1=Nc2ccccc2CN1c1ccc(Cl)cc1. The number of aliphatic imine (C=N–C) groups is 1. The third-order valence-corrected chi connectivity index (χ3v) is 3.38. The average molecular weight is 257 g/mol. The summed E-state index contributed by atoms with van der Waals surface area (Å²) in [5.41, 5.74) is 3.44. The highest BCUT2D eigenvalue weighted by Crippen LogP contribution is 2.29. The zero-order valence-corrected chi connectivity index (χ0v) is 10.9. The maximum Gasteiger partial charge on any atom is 0.106 e. The fraction of sp³-hybridized carbons (Fsp3) is 0.133. The Balaban J connectivity index is 1.99. The molecule has 90 valence electrons. The van der Waals surface area contributed by atoms with E-state index in [2.05, 4.69) is 28.1 Å². The summed E-state index contributed by atoms with van der Waals surface area (Å²) in [6.07, 6.45) is 0. The van der Waals surface area contributed by atoms with E-state index in [4.69, 9.17) is 11.6 Å². The van der Waals surface area contributed by atoms with E-state index in [1.165, 1.54) is 5.56 Å². The number of fused-ring (bicyclic) bond motifs is 1. The Bertz CT molecular complexity index is 602. The molecule has 1 aliphatic heterocycles. The van der Waals surface area contributed by atoms with Crippen molar-refractivity contribution in [1.82, 2.24) is 0 Å². The monoisotopic (exact) mass is 256 g/mol. The highest BCUT2D eigenvalue weighted by Gasteiger charge is 2.17. The van der Waals surface area contributed by atoms with E-state index in [-0.39, 0.29) is 0 Å². The second kappa shape index (κ2) is 4.46. The van der Waals surface area contributed by atoms with Crippen LogP contribution in [-0.2, 0) is 6.54 Å². The smallest absolute Gasteiger partial charge is 0.106 e. The van der Waals surface area contributed by atoms with Gasteiger partial charge in [0, 0.05) is 10.7 Å². The Kier molecular flexibility index (Phi) is 2.80. The van der Waals surface area contributed by atoms with Crippen LogP contribution in [0, 0.1) is 0 Å². The molecule has 18 heavy (non-hydrogen) atoms. The quantitative estimate of drug-likeness (QED) is 0.738. The lowest BCUT2D eigenvalue weighted by Crippen LogP contribution is -2.30. The number of amidine groups is 1. The lowest BCUT2D eigenvalue weighted by Gasteiger charge is -2.28. The molecule has 3 rings (SSSR count). The zero-order valence-electron chi connectivity index (χ0n) is 10.1. The summed E-state index contributed by atoms with van der Waals surface area (Å²) in [5.74, 6) is 1.01. The minimum Gasteiger partial charge on any atom is -0.326 e. The fourth-order valence-corrected chi connectivity index (χ4v) is 2.30. The molecular weight excluding hydrogens is 244 g/mol. The summed E-state index contributed by atoms with van der Waals surface area (Å²) in [7, 11) is 0. The number of hydrogen-bond acceptors (Lipinski definition) is 2. The Morgan fingerprint density at radius 1 is 1.06 bits per heavy atom. The van der Waals surface area contributed by atoms with Gasteiger partial charge in [0.2, 0.25) is 0 Å². The third kappa shape index (κ3) is 2.00. The molecule has 2 aromatic carbocycles. The molecule has 3 heteroatoms. The number of para-hydroxylation sites is 1. The molecule has 0 fully saturated rings. The third-order valence-electron chi connectivity index (χ3n) is 3.13. The van der Waals surface area contributed by atoms with E-state index in [1.807, 2.05) is 37.3 Å². The van der Waals surface area contributed by atoms with E-state index in [0.29, 0.717) is 0 Å². The van der Waals surface area contributed by atoms with Crippen molar-refractivity contribution in [3.63, 3.8) is 0 Å². The molecule has 0 saturated carbocycles. The largest absolute Gasteiger partial charge is 0.326 e. The van der Waals surface area contributed by atoms with Crippen molar-refractivity contribution in [1.29, 1.82) is 0 Å². The summed E-state index contributed by atoms with van der Waals surface area (Å²) in [6, 6.07) is 16.1. The van der Waals surface area contributed by atoms with E-state index in [1.54, 1.807) is 0 Å². The predicted molar refractivity (Wildman–Crippen MR) is 76.8 cm³/mol. The number of rotatable bonds is 1. The second-order valence-corrected chi connectivity index (χ2v) is 4.79. The van der Waals surface area contributed by atoms with Gasteiger partial charge in [0.1, 0.15) is 5.84 Å². The number of halogens is 1. The first kappa shape index (κ1) is 11.3. The molecule has 0 radical (unpaired) electrons. The minimum absolute atomic E-state index is 0.755. The van der Waals surface area contributed by atoms with Crippen molar-refractivity contribution in [2.24, 2.45) is 4.99 Å². The first-order chi connectivity index (χ1) is 8.74. The molecular formula is C15H13ClN2. The van der Waals surface area contributed by atoms with Gasteiger partial charge in [-0.3, -0.25) is 0 Å². The van der Waals surface area contributed by atoms with Gasteiger partial charge in [0.25, 0.3) is 0 Å². The van der Waals surface area contributed by atoms with E-state index in [9.17, 15) is 0 Å². The molecule has 0 atom stereocenters. The summed E-state index contributed by atoms with van der Waals surface area (Å²) in [6.45, 7) is 2.89. The van der Waals surface area contributed by atoms with Crippen LogP contribution in [0.25, 0.3) is 0 Å². The molecule has 0 amide bonds. The Morgan fingerprint density at radius 3 is 2.56 bits per heavy atom. The molecule has 2 nitrogen and oxygen atoms in total. The first-order valence-electron chi connectivity index (χ1n) is 5.90. The molecule has 0 spiro atoms. The van der Waals surface area contributed by atoms with Crippen LogP contribution >= 0.6 is 11.6 Å². The average Bonchev–Trinajstić information content (AvgIpc) is 2.39. The molecule has 0 aliphatic carbocycles. The molecule has 1 aliphatic rings. The highest BCUT2D eigenvalue weighted by molar-refractivity contribution is 6.30.